The smallest absolute Gasteiger partial charge is 0.413 e. The number of nitriles is 1. The zero-order valence-corrected chi connectivity index (χ0v) is 11.1. The zero-order chi connectivity index (χ0) is 9.42. The molecule has 2 rings (SSSR count). The topological polar surface area (TPSA) is 59.9 Å². The third kappa shape index (κ3) is 1.85. The Balaban J connectivity index is 0.000000980. The maximum atomic E-state index is 11.1. The summed E-state index contributed by atoms with van der Waals surface area (Å²) in [4.78, 5) is 14.9. The van der Waals surface area contributed by atoms with Crippen LogP contribution in [-0.2, 0) is 7.05 Å². The molecule has 1 aromatic carbocycles. The summed E-state index contributed by atoms with van der Waals surface area (Å²) < 4.78 is 1.45. The summed E-state index contributed by atoms with van der Waals surface area (Å²) in [6.45, 7) is 0. The second-order valence-electron chi connectivity index (χ2n) is 2.77. The van der Waals surface area contributed by atoms with Crippen molar-refractivity contribution in [1.82, 2.24) is 9.55 Å². The number of aromatic nitrogens is 2. The summed E-state index contributed by atoms with van der Waals surface area (Å²) in [6.07, 6.45) is 0. The largest absolute Gasteiger partial charge is 1.00 e. The standard InChI is InChI=1S/C9H7N3O.K/c1-12-8-3-2-6(5-10)4-7(8)11-9(12)13;/h2-4H,1H3,(H,11,13);/q;+1/p-1. The first kappa shape index (κ1) is 11.7. The Morgan fingerprint density at radius 2 is 2.21 bits per heavy atom. The van der Waals surface area contributed by atoms with Gasteiger partial charge in [-0.25, -0.2) is 0 Å². The quantitative estimate of drug-likeness (QED) is 0.448. The Kier molecular flexibility index (Phi) is 3.69. The van der Waals surface area contributed by atoms with Crippen molar-refractivity contribution < 1.29 is 51.4 Å². The van der Waals surface area contributed by atoms with Crippen LogP contribution >= 0.6 is 0 Å². The fourth-order valence-electron chi connectivity index (χ4n) is 1.25. The van der Waals surface area contributed by atoms with Crippen LogP contribution in [0.3, 0.4) is 0 Å². The molecule has 0 saturated heterocycles. The molecule has 0 aliphatic heterocycles. The maximum absolute atomic E-state index is 11.1. The van der Waals surface area contributed by atoms with Crippen LogP contribution in [-0.4, -0.2) is 4.57 Å². The van der Waals surface area contributed by atoms with Crippen molar-refractivity contribution in [2.45, 2.75) is 0 Å². The molecule has 0 saturated carbocycles. The van der Waals surface area contributed by atoms with E-state index in [1.807, 2.05) is 6.07 Å². The molecule has 0 radical (unpaired) electrons. The number of nitrogens with zero attached hydrogens (tertiary/aromatic N) is 3. The van der Waals surface area contributed by atoms with Crippen molar-refractivity contribution in [2.75, 3.05) is 0 Å². The molecular formula is C9H6KN3O. The molecule has 0 amide bonds. The van der Waals surface area contributed by atoms with Gasteiger partial charge in [0.1, 0.15) is 0 Å². The van der Waals surface area contributed by atoms with Gasteiger partial charge in [0.2, 0.25) is 0 Å². The van der Waals surface area contributed by atoms with Gasteiger partial charge in [-0.3, -0.25) is 4.79 Å². The van der Waals surface area contributed by atoms with Gasteiger partial charge in [0.05, 0.1) is 11.6 Å². The van der Waals surface area contributed by atoms with E-state index in [1.54, 1.807) is 25.2 Å². The minimum Gasteiger partial charge on any atom is -0.413 e. The Morgan fingerprint density at radius 1 is 1.50 bits per heavy atom. The monoisotopic (exact) mass is 211 g/mol. The molecule has 0 N–H and O–H groups in total. The van der Waals surface area contributed by atoms with E-state index in [0.717, 1.165) is 5.52 Å². The predicted molar refractivity (Wildman–Crippen MR) is 47.2 cm³/mol. The first-order valence-electron chi connectivity index (χ1n) is 3.76. The van der Waals surface area contributed by atoms with Crippen molar-refractivity contribution in [3.8, 4) is 6.07 Å². The molecule has 0 unspecified atom stereocenters. The average molecular weight is 211 g/mol. The van der Waals surface area contributed by atoms with Crippen LogP contribution in [0.1, 0.15) is 5.56 Å². The van der Waals surface area contributed by atoms with Gasteiger partial charge in [0.15, 0.2) is 5.69 Å². The number of hydrogen-bond donors (Lipinski definition) is 0. The summed E-state index contributed by atoms with van der Waals surface area (Å²) >= 11 is 0. The minimum absolute atomic E-state index is 0. The summed E-state index contributed by atoms with van der Waals surface area (Å²) in [5.74, 6) is 0. The molecule has 0 bridgehead atoms. The van der Waals surface area contributed by atoms with E-state index < -0.39 is 0 Å². The van der Waals surface area contributed by atoms with Crippen LogP contribution in [0.15, 0.2) is 23.0 Å². The molecule has 64 valence electrons. The summed E-state index contributed by atoms with van der Waals surface area (Å²) in [6, 6.07) is 7.00. The normalized spacial score (nSPS) is 9.43. The van der Waals surface area contributed by atoms with Crippen LogP contribution in [0.2, 0.25) is 0 Å². The molecule has 1 aromatic heterocycles. The molecule has 0 atom stereocenters. The molecule has 4 nitrogen and oxygen atoms in total. The number of benzene rings is 1. The van der Waals surface area contributed by atoms with Crippen molar-refractivity contribution in [1.29, 1.82) is 5.26 Å². The molecule has 0 spiro atoms. The van der Waals surface area contributed by atoms with Gasteiger partial charge in [-0.05, 0) is 23.2 Å². The zero-order valence-electron chi connectivity index (χ0n) is 7.98. The molecule has 0 fully saturated rings. The van der Waals surface area contributed by atoms with E-state index in [4.69, 9.17) is 5.26 Å². The summed E-state index contributed by atoms with van der Waals surface area (Å²) in [5.41, 5.74) is 1.56. The summed E-state index contributed by atoms with van der Waals surface area (Å²) in [7, 11) is 1.66. The number of fused-ring (bicyclic) bond motifs is 1. The van der Waals surface area contributed by atoms with Crippen molar-refractivity contribution in [3.05, 3.63) is 34.2 Å². The fourth-order valence-corrected chi connectivity index (χ4v) is 1.25. The van der Waals surface area contributed by atoms with E-state index in [9.17, 15) is 4.79 Å². The van der Waals surface area contributed by atoms with E-state index in [1.165, 1.54) is 4.57 Å². The molecule has 0 aliphatic carbocycles. The minimum atomic E-state index is -0.287. The van der Waals surface area contributed by atoms with Crippen LogP contribution < -0.4 is 62.1 Å². The second kappa shape index (κ2) is 4.42. The van der Waals surface area contributed by atoms with Crippen LogP contribution in [0.4, 0.5) is 0 Å². The van der Waals surface area contributed by atoms with Crippen LogP contribution in [0.5, 0.6) is 0 Å². The number of imidazole rings is 1. The van der Waals surface area contributed by atoms with E-state index >= 15 is 0 Å². The number of hydrogen-bond acceptors (Lipinski definition) is 2. The predicted octanol–water partition coefficient (Wildman–Crippen LogP) is -2.63. The Morgan fingerprint density at radius 3 is 2.86 bits per heavy atom. The maximum Gasteiger partial charge on any atom is 1.00 e. The van der Waals surface area contributed by atoms with Crippen molar-refractivity contribution in [3.63, 3.8) is 0 Å². The molecule has 14 heavy (non-hydrogen) atoms. The van der Waals surface area contributed by atoms with Gasteiger partial charge >= 0.3 is 51.4 Å². The molecular weight excluding hydrogens is 205 g/mol. The van der Waals surface area contributed by atoms with Crippen LogP contribution in [0, 0.1) is 11.3 Å². The van der Waals surface area contributed by atoms with Crippen molar-refractivity contribution in [2.24, 2.45) is 7.05 Å². The van der Waals surface area contributed by atoms with Gasteiger partial charge in [-0.2, -0.15) is 5.26 Å². The third-order valence-corrected chi connectivity index (χ3v) is 1.97. The average Bonchev–Trinajstić information content (AvgIpc) is 2.42. The Hall–Kier alpha value is -0.384. The Bertz CT molecular complexity index is 561. The molecule has 1 heterocycles. The van der Waals surface area contributed by atoms with Gasteiger partial charge < -0.3 is 9.55 Å². The third-order valence-electron chi connectivity index (χ3n) is 1.97. The molecule has 5 heteroatoms. The van der Waals surface area contributed by atoms with E-state index in [0.29, 0.717) is 11.1 Å². The van der Waals surface area contributed by atoms with Gasteiger partial charge in [-0.1, -0.05) is 13.1 Å². The molecule has 0 aliphatic rings. The van der Waals surface area contributed by atoms with Gasteiger partial charge in [0.25, 0.3) is 0 Å². The van der Waals surface area contributed by atoms with Crippen molar-refractivity contribution >= 4 is 11.0 Å². The van der Waals surface area contributed by atoms with Gasteiger partial charge in [0, 0.05) is 0 Å². The van der Waals surface area contributed by atoms with Gasteiger partial charge in [-0.15, -0.1) is 0 Å². The second-order valence-corrected chi connectivity index (χ2v) is 2.77. The van der Waals surface area contributed by atoms with Crippen LogP contribution in [0.25, 0.3) is 11.0 Å². The van der Waals surface area contributed by atoms with E-state index in [-0.39, 0.29) is 57.1 Å². The number of aryl methyl sites for hydroxylation is 1. The Labute approximate surface area is 123 Å². The fraction of sp³-hybridized carbons (Fsp3) is 0.111. The summed E-state index contributed by atoms with van der Waals surface area (Å²) in [5, 5.41) is 8.61. The first-order valence-corrected chi connectivity index (χ1v) is 3.76. The first-order chi connectivity index (χ1) is 6.22. The molecule has 2 aromatic rings. The number of rotatable bonds is 0. The van der Waals surface area contributed by atoms with E-state index in [2.05, 4.69) is 4.98 Å². The SMILES string of the molecule is Cn1c(=O)[n-]c2cc(C#N)ccc21.[K+].